The van der Waals surface area contributed by atoms with Gasteiger partial charge in [-0.15, -0.1) is 0 Å². The zero-order valence-corrected chi connectivity index (χ0v) is 23.2. The molecule has 44 heavy (non-hydrogen) atoms. The van der Waals surface area contributed by atoms with Gasteiger partial charge in [0.25, 0.3) is 13.4 Å². The smallest absolute Gasteiger partial charge is 0.260 e. The van der Waals surface area contributed by atoms with E-state index in [1.165, 1.54) is 12.1 Å². The van der Waals surface area contributed by atoms with Crippen LogP contribution in [-0.2, 0) is 0 Å². The Morgan fingerprint density at radius 2 is 0.773 bits per heavy atom. The SMILES string of the molecule is [2H]C([2H])([2H])c1cc2c3c(c1-c1c(C([2H])([2H])[2H])cc4c5c1Oc1ccccc1B5c1ccccc1O4)Oc1ccccc1B3c1ccccc1O2. The third-order valence-electron chi connectivity index (χ3n) is 9.18. The molecule has 6 aromatic carbocycles. The lowest BCUT2D eigenvalue weighted by atomic mass is 9.34. The van der Waals surface area contributed by atoms with Crippen molar-refractivity contribution < 1.29 is 27.2 Å². The third-order valence-corrected chi connectivity index (χ3v) is 9.18. The van der Waals surface area contributed by atoms with Crippen LogP contribution in [0.5, 0.6) is 46.0 Å². The molecule has 4 heterocycles. The van der Waals surface area contributed by atoms with Crippen LogP contribution < -0.4 is 51.7 Å². The van der Waals surface area contributed by atoms with Gasteiger partial charge in [-0.3, -0.25) is 0 Å². The molecule has 6 heteroatoms. The molecule has 0 bridgehead atoms. The molecule has 0 spiro atoms. The van der Waals surface area contributed by atoms with E-state index in [0.29, 0.717) is 45.4 Å². The summed E-state index contributed by atoms with van der Waals surface area (Å²) in [5, 5.41) is 0. The van der Waals surface area contributed by atoms with Gasteiger partial charge < -0.3 is 18.9 Å². The highest BCUT2D eigenvalue weighted by Crippen LogP contribution is 2.49. The minimum Gasteiger partial charge on any atom is -0.458 e. The second-order valence-corrected chi connectivity index (χ2v) is 11.5. The number of hydrogen-bond donors (Lipinski definition) is 0. The number of rotatable bonds is 1. The Bertz CT molecular complexity index is 2270. The maximum absolute atomic E-state index is 8.84. The van der Waals surface area contributed by atoms with E-state index in [4.69, 9.17) is 27.2 Å². The van der Waals surface area contributed by atoms with E-state index < -0.39 is 13.7 Å². The summed E-state index contributed by atoms with van der Waals surface area (Å²) in [7, 11) is 0. The summed E-state index contributed by atoms with van der Waals surface area (Å²) in [5.41, 5.74) is 4.86. The maximum Gasteiger partial charge on any atom is 0.260 e. The summed E-state index contributed by atoms with van der Waals surface area (Å²) in [6.07, 6.45) is 0. The Hall–Kier alpha value is -5.35. The molecule has 0 saturated carbocycles. The van der Waals surface area contributed by atoms with Gasteiger partial charge in [0.1, 0.15) is 46.0 Å². The van der Waals surface area contributed by atoms with Gasteiger partial charge in [-0.05, 0) is 83.1 Å². The van der Waals surface area contributed by atoms with Crippen LogP contribution in [0.15, 0.2) is 109 Å². The van der Waals surface area contributed by atoms with Crippen LogP contribution in [0.2, 0.25) is 0 Å². The van der Waals surface area contributed by atoms with E-state index in [-0.39, 0.29) is 47.2 Å². The molecule has 6 aromatic rings. The van der Waals surface area contributed by atoms with E-state index in [1.807, 2.05) is 97.1 Å². The number of aryl methyl sites for hydroxylation is 2. The minimum atomic E-state index is -2.71. The summed E-state index contributed by atoms with van der Waals surface area (Å²) in [5.74, 6) is 3.45. The van der Waals surface area contributed by atoms with E-state index in [9.17, 15) is 0 Å². The topological polar surface area (TPSA) is 36.9 Å². The molecule has 0 aliphatic carbocycles. The molecule has 4 aliphatic rings. The lowest BCUT2D eigenvalue weighted by Crippen LogP contribution is -2.58. The third kappa shape index (κ3) is 3.10. The van der Waals surface area contributed by atoms with Crippen molar-refractivity contribution in [3.8, 4) is 57.1 Å². The van der Waals surface area contributed by atoms with Crippen molar-refractivity contribution in [3.63, 3.8) is 0 Å². The van der Waals surface area contributed by atoms with Gasteiger partial charge in [0.05, 0.1) is 0 Å². The Labute approximate surface area is 264 Å². The lowest BCUT2D eigenvalue weighted by Gasteiger charge is -2.37. The van der Waals surface area contributed by atoms with Crippen LogP contribution in [0.4, 0.5) is 0 Å². The van der Waals surface area contributed by atoms with Crippen molar-refractivity contribution in [1.29, 1.82) is 0 Å². The van der Waals surface area contributed by atoms with E-state index in [0.717, 1.165) is 21.9 Å². The molecule has 10 rings (SSSR count). The van der Waals surface area contributed by atoms with Gasteiger partial charge in [-0.2, -0.15) is 0 Å². The van der Waals surface area contributed by atoms with Crippen molar-refractivity contribution in [1.82, 2.24) is 0 Å². The van der Waals surface area contributed by atoms with Crippen molar-refractivity contribution in [2.24, 2.45) is 0 Å². The van der Waals surface area contributed by atoms with Crippen molar-refractivity contribution in [2.75, 3.05) is 0 Å². The molecule has 0 atom stereocenters. The number of fused-ring (bicyclic) bond motifs is 8. The van der Waals surface area contributed by atoms with Crippen LogP contribution in [0.3, 0.4) is 0 Å². The minimum absolute atomic E-state index is 0.110. The number of benzene rings is 6. The highest BCUT2D eigenvalue weighted by molar-refractivity contribution is 6.99. The number of hydrogen-bond acceptors (Lipinski definition) is 4. The molecule has 0 saturated heterocycles. The van der Waals surface area contributed by atoms with Crippen LogP contribution >= 0.6 is 0 Å². The van der Waals surface area contributed by atoms with Gasteiger partial charge in [0, 0.05) is 30.3 Å². The second kappa shape index (κ2) is 8.61. The summed E-state index contributed by atoms with van der Waals surface area (Å²) < 4.78 is 79.4. The molecule has 0 amide bonds. The monoisotopic (exact) mass is 572 g/mol. The molecule has 206 valence electrons. The predicted molar refractivity (Wildman–Crippen MR) is 177 cm³/mol. The number of ether oxygens (including phenoxy) is 4. The molecule has 0 aromatic heterocycles. The van der Waals surface area contributed by atoms with Gasteiger partial charge in [0.15, 0.2) is 0 Å². The van der Waals surface area contributed by atoms with E-state index in [2.05, 4.69) is 0 Å². The normalized spacial score (nSPS) is 16.5. The van der Waals surface area contributed by atoms with Crippen molar-refractivity contribution in [2.45, 2.75) is 13.7 Å². The Kier molecular flexibility index (Phi) is 3.72. The zero-order chi connectivity index (χ0) is 34.1. The van der Waals surface area contributed by atoms with Crippen LogP contribution in [-0.4, -0.2) is 13.4 Å². The number of para-hydroxylation sites is 4. The van der Waals surface area contributed by atoms with E-state index in [1.54, 1.807) is 0 Å². The molecular formula is C38H24B2O4. The van der Waals surface area contributed by atoms with Gasteiger partial charge in [-0.1, -0.05) is 72.8 Å². The first-order valence-corrected chi connectivity index (χ1v) is 14.6. The predicted octanol–water partition coefficient (Wildman–Crippen LogP) is 5.43. The maximum atomic E-state index is 8.84. The summed E-state index contributed by atoms with van der Waals surface area (Å²) in [6.45, 7) is -6.15. The fourth-order valence-electron chi connectivity index (χ4n) is 7.39. The zero-order valence-electron chi connectivity index (χ0n) is 29.2. The summed E-state index contributed by atoms with van der Waals surface area (Å²) >= 11 is 0. The fourth-order valence-corrected chi connectivity index (χ4v) is 7.39. The quantitative estimate of drug-likeness (QED) is 0.246. The molecular weight excluding hydrogens is 542 g/mol. The van der Waals surface area contributed by atoms with Gasteiger partial charge in [-0.25, -0.2) is 0 Å². The first kappa shape index (κ1) is 19.0. The Morgan fingerprint density at radius 1 is 0.432 bits per heavy atom. The molecule has 0 N–H and O–H groups in total. The molecule has 0 fully saturated rings. The molecule has 4 nitrogen and oxygen atoms in total. The lowest BCUT2D eigenvalue weighted by molar-refractivity contribution is 0.460. The Balaban J connectivity index is 1.36. The molecule has 0 unspecified atom stereocenters. The summed E-state index contributed by atoms with van der Waals surface area (Å²) in [6, 6.07) is 33.6. The second-order valence-electron chi connectivity index (χ2n) is 11.5. The van der Waals surface area contributed by atoms with Gasteiger partial charge >= 0.3 is 0 Å². The average molecular weight is 572 g/mol. The Morgan fingerprint density at radius 3 is 1.14 bits per heavy atom. The van der Waals surface area contributed by atoms with Crippen molar-refractivity contribution >= 4 is 46.2 Å². The van der Waals surface area contributed by atoms with Gasteiger partial charge in [0.2, 0.25) is 0 Å². The highest BCUT2D eigenvalue weighted by atomic mass is 16.5. The first-order valence-electron chi connectivity index (χ1n) is 17.6. The first-order chi connectivity index (χ1) is 24.1. The largest absolute Gasteiger partial charge is 0.458 e. The highest BCUT2D eigenvalue weighted by Gasteiger charge is 2.45. The van der Waals surface area contributed by atoms with Crippen LogP contribution in [0.1, 0.15) is 19.4 Å². The standard InChI is InChI=1S/C38H24B2O4/c1-21-19-31-35-37(43-29-17-9-5-13-25(29)39(35)23-11-3-7-15-27(23)41-31)33(21)34-22(2)20-32-36-38(34)44-30-18-10-6-14-26(30)40(36)24-12-4-8-16-28(24)42-32/h3-20H,1-2H3/i1D3,2D3. The molecule has 4 aliphatic heterocycles. The molecule has 0 radical (unpaired) electrons. The van der Waals surface area contributed by atoms with Crippen LogP contribution in [0.25, 0.3) is 11.1 Å². The average Bonchev–Trinajstić information content (AvgIpc) is 3.10. The fraction of sp³-hybridized carbons (Fsp3) is 0.0526. The summed E-state index contributed by atoms with van der Waals surface area (Å²) in [4.78, 5) is 0. The van der Waals surface area contributed by atoms with Crippen LogP contribution in [0, 0.1) is 13.7 Å². The van der Waals surface area contributed by atoms with Crippen molar-refractivity contribution in [3.05, 3.63) is 120 Å². The van der Waals surface area contributed by atoms with E-state index >= 15 is 0 Å².